The average molecular weight is 427 g/mol. The fraction of sp³-hybridized carbons (Fsp3) is 0.273. The summed E-state index contributed by atoms with van der Waals surface area (Å²) in [6.07, 6.45) is 1.88. The Morgan fingerprint density at radius 1 is 1.15 bits per heavy atom. The molecule has 1 heterocycles. The van der Waals surface area contributed by atoms with E-state index in [1.165, 1.54) is 0 Å². The van der Waals surface area contributed by atoms with Crippen LogP contribution in [-0.4, -0.2) is 24.3 Å². The van der Waals surface area contributed by atoms with Gasteiger partial charge in [-0.25, -0.2) is 0 Å². The summed E-state index contributed by atoms with van der Waals surface area (Å²) < 4.78 is 0.810. The maximum atomic E-state index is 12.7. The van der Waals surface area contributed by atoms with Crippen LogP contribution in [0.3, 0.4) is 0 Å². The molecule has 4 nitrogen and oxygen atoms in total. The highest BCUT2D eigenvalue weighted by Crippen LogP contribution is 2.29. The van der Waals surface area contributed by atoms with Gasteiger partial charge in [0.05, 0.1) is 6.04 Å². The molecule has 1 aliphatic heterocycles. The first-order chi connectivity index (χ1) is 13.1. The molecule has 1 saturated heterocycles. The van der Waals surface area contributed by atoms with Crippen molar-refractivity contribution in [2.75, 3.05) is 6.54 Å². The van der Waals surface area contributed by atoms with Gasteiger partial charge in [-0.05, 0) is 59.1 Å². The highest BCUT2D eigenvalue weighted by atomic mass is 79.9. The van der Waals surface area contributed by atoms with Crippen LogP contribution < -0.4 is 10.6 Å². The number of hydrogen-bond donors (Lipinski definition) is 2. The largest absolute Gasteiger partial charge is 0.324 e. The maximum absolute atomic E-state index is 12.7. The molecule has 0 aromatic heterocycles. The molecular formula is C22H23BrN2O2. The lowest BCUT2D eigenvalue weighted by Gasteiger charge is -2.24. The second kappa shape index (κ2) is 9.11. The van der Waals surface area contributed by atoms with E-state index in [4.69, 9.17) is 0 Å². The lowest BCUT2D eigenvalue weighted by atomic mass is 9.97. The fourth-order valence-corrected chi connectivity index (χ4v) is 3.90. The van der Waals surface area contributed by atoms with E-state index in [-0.39, 0.29) is 17.7 Å². The van der Waals surface area contributed by atoms with E-state index in [0.717, 1.165) is 28.6 Å². The Hall–Kier alpha value is -2.24. The van der Waals surface area contributed by atoms with Crippen molar-refractivity contribution in [3.05, 3.63) is 77.0 Å². The molecule has 0 saturated carbocycles. The Morgan fingerprint density at radius 3 is 2.56 bits per heavy atom. The molecule has 2 N–H and O–H groups in total. The molecule has 0 aliphatic carbocycles. The third-order valence-electron chi connectivity index (χ3n) is 4.73. The van der Waals surface area contributed by atoms with Crippen LogP contribution >= 0.6 is 15.9 Å². The zero-order chi connectivity index (χ0) is 19.2. The van der Waals surface area contributed by atoms with Crippen LogP contribution in [0.25, 0.3) is 4.48 Å². The number of benzene rings is 2. The third-order valence-corrected chi connectivity index (χ3v) is 5.64. The van der Waals surface area contributed by atoms with Crippen molar-refractivity contribution in [1.82, 2.24) is 10.6 Å². The standard InChI is InChI=1S/C22H23BrN2O2/c1-15-8-5-6-11-17(15)21(23)19(14-18-20(26)12-7-13-24-18)25-22(27)16-9-3-2-4-10-16/h2-6,8-11,18,24H,7,12-14H2,1H3,(H,25,27)/b21-19-. The first kappa shape index (κ1) is 19.5. The van der Waals surface area contributed by atoms with Gasteiger partial charge in [0.2, 0.25) is 0 Å². The molecule has 3 rings (SSSR count). The summed E-state index contributed by atoms with van der Waals surface area (Å²) in [5.74, 6) is 0.0113. The molecule has 140 valence electrons. The van der Waals surface area contributed by atoms with Crippen LogP contribution in [0.2, 0.25) is 0 Å². The zero-order valence-electron chi connectivity index (χ0n) is 15.3. The number of ketones is 1. The van der Waals surface area contributed by atoms with Gasteiger partial charge in [0.25, 0.3) is 5.91 Å². The Morgan fingerprint density at radius 2 is 1.85 bits per heavy atom. The van der Waals surface area contributed by atoms with E-state index in [1.807, 2.05) is 49.4 Å². The summed E-state index contributed by atoms with van der Waals surface area (Å²) in [6, 6.07) is 16.8. The molecule has 27 heavy (non-hydrogen) atoms. The van der Waals surface area contributed by atoms with Gasteiger partial charge in [-0.3, -0.25) is 9.59 Å². The normalized spacial score (nSPS) is 18.0. The molecule has 2 aromatic carbocycles. The first-order valence-electron chi connectivity index (χ1n) is 9.13. The minimum Gasteiger partial charge on any atom is -0.324 e. The van der Waals surface area contributed by atoms with Crippen molar-refractivity contribution in [3.8, 4) is 0 Å². The van der Waals surface area contributed by atoms with Crippen LogP contribution in [0.5, 0.6) is 0 Å². The molecular weight excluding hydrogens is 404 g/mol. The van der Waals surface area contributed by atoms with Gasteiger partial charge >= 0.3 is 0 Å². The number of rotatable bonds is 5. The summed E-state index contributed by atoms with van der Waals surface area (Å²) in [5, 5.41) is 6.31. The molecule has 2 aromatic rings. The van der Waals surface area contributed by atoms with Gasteiger partial charge in [-0.1, -0.05) is 42.5 Å². The molecule has 1 atom stereocenters. The molecule has 5 heteroatoms. The molecule has 1 aliphatic rings. The second-order valence-electron chi connectivity index (χ2n) is 6.71. The third kappa shape index (κ3) is 4.93. The Kier molecular flexibility index (Phi) is 6.58. The minimum atomic E-state index is -0.276. The molecule has 0 spiro atoms. The maximum Gasteiger partial charge on any atom is 0.255 e. The van der Waals surface area contributed by atoms with Crippen LogP contribution in [0.4, 0.5) is 0 Å². The quantitative estimate of drug-likeness (QED) is 0.752. The smallest absolute Gasteiger partial charge is 0.255 e. The highest BCUT2D eigenvalue weighted by Gasteiger charge is 2.25. The van der Waals surface area contributed by atoms with Gasteiger partial charge in [0, 0.05) is 28.6 Å². The number of piperidine rings is 1. The number of hydrogen-bond acceptors (Lipinski definition) is 3. The first-order valence-corrected chi connectivity index (χ1v) is 9.92. The van der Waals surface area contributed by atoms with E-state index in [1.54, 1.807) is 12.1 Å². The highest BCUT2D eigenvalue weighted by molar-refractivity contribution is 9.15. The van der Waals surface area contributed by atoms with Gasteiger partial charge in [0.1, 0.15) is 5.78 Å². The number of Topliss-reactive ketones (excluding diaryl/α,β-unsaturated/α-hetero) is 1. The predicted octanol–water partition coefficient (Wildman–Crippen LogP) is 4.20. The lowest BCUT2D eigenvalue weighted by Crippen LogP contribution is -2.43. The number of amides is 1. The Labute approximate surface area is 168 Å². The van der Waals surface area contributed by atoms with Crippen LogP contribution in [0.15, 0.2) is 60.3 Å². The fourth-order valence-electron chi connectivity index (χ4n) is 3.19. The number of carbonyl (C=O) groups excluding carboxylic acids is 2. The van der Waals surface area contributed by atoms with E-state index >= 15 is 0 Å². The van der Waals surface area contributed by atoms with Crippen molar-refractivity contribution in [2.24, 2.45) is 0 Å². The van der Waals surface area contributed by atoms with Crippen molar-refractivity contribution in [3.63, 3.8) is 0 Å². The number of aryl methyl sites for hydroxylation is 1. The number of halogens is 1. The summed E-state index contributed by atoms with van der Waals surface area (Å²) in [7, 11) is 0. The zero-order valence-corrected chi connectivity index (χ0v) is 16.9. The monoisotopic (exact) mass is 426 g/mol. The number of carbonyl (C=O) groups is 2. The van der Waals surface area contributed by atoms with Gasteiger partial charge in [0.15, 0.2) is 0 Å². The predicted molar refractivity (Wildman–Crippen MR) is 112 cm³/mol. The summed E-state index contributed by atoms with van der Waals surface area (Å²) in [4.78, 5) is 25.0. The molecule has 0 bridgehead atoms. The summed E-state index contributed by atoms with van der Waals surface area (Å²) >= 11 is 3.68. The van der Waals surface area contributed by atoms with E-state index in [0.29, 0.717) is 24.1 Å². The van der Waals surface area contributed by atoms with Gasteiger partial charge in [-0.15, -0.1) is 0 Å². The molecule has 0 radical (unpaired) electrons. The van der Waals surface area contributed by atoms with Crippen LogP contribution in [0.1, 0.15) is 40.7 Å². The van der Waals surface area contributed by atoms with Crippen molar-refractivity contribution < 1.29 is 9.59 Å². The Bertz CT molecular complexity index is 862. The van der Waals surface area contributed by atoms with Crippen LogP contribution in [0, 0.1) is 6.92 Å². The van der Waals surface area contributed by atoms with Gasteiger partial charge < -0.3 is 10.6 Å². The molecule has 1 fully saturated rings. The molecule has 1 amide bonds. The summed E-state index contributed by atoms with van der Waals surface area (Å²) in [6.45, 7) is 2.84. The molecule has 1 unspecified atom stereocenters. The van der Waals surface area contributed by atoms with Crippen molar-refractivity contribution in [2.45, 2.75) is 32.2 Å². The van der Waals surface area contributed by atoms with E-state index < -0.39 is 0 Å². The van der Waals surface area contributed by atoms with E-state index in [2.05, 4.69) is 26.6 Å². The topological polar surface area (TPSA) is 58.2 Å². The minimum absolute atomic E-state index is 0.181. The Balaban J connectivity index is 1.93. The van der Waals surface area contributed by atoms with E-state index in [9.17, 15) is 9.59 Å². The summed E-state index contributed by atoms with van der Waals surface area (Å²) in [5.41, 5.74) is 3.40. The number of nitrogens with one attached hydrogen (secondary N) is 2. The SMILES string of the molecule is Cc1ccccc1/C(Br)=C(\CC1NCCCC1=O)NC(=O)c1ccccc1. The van der Waals surface area contributed by atoms with Crippen molar-refractivity contribution >= 4 is 32.1 Å². The van der Waals surface area contributed by atoms with Crippen LogP contribution in [-0.2, 0) is 4.79 Å². The average Bonchev–Trinajstić information content (AvgIpc) is 2.69. The van der Waals surface area contributed by atoms with Gasteiger partial charge in [-0.2, -0.15) is 0 Å². The van der Waals surface area contributed by atoms with Crippen molar-refractivity contribution in [1.29, 1.82) is 0 Å². The second-order valence-corrected chi connectivity index (χ2v) is 7.50. The lowest BCUT2D eigenvalue weighted by molar-refractivity contribution is -0.122.